The molecule has 0 N–H and O–H groups in total. The molecule has 5 nitrogen and oxygen atoms in total. The van der Waals surface area contributed by atoms with Crippen molar-refractivity contribution < 1.29 is 9.18 Å². The number of piperazine rings is 1. The summed E-state index contributed by atoms with van der Waals surface area (Å²) in [6, 6.07) is 6.37. The summed E-state index contributed by atoms with van der Waals surface area (Å²) in [4.78, 5) is 20.4. The first-order valence-corrected chi connectivity index (χ1v) is 8.99. The molecule has 0 bridgehead atoms. The van der Waals surface area contributed by atoms with Crippen molar-refractivity contribution in [3.05, 3.63) is 41.5 Å². The van der Waals surface area contributed by atoms with Crippen molar-refractivity contribution in [1.82, 2.24) is 14.3 Å². The van der Waals surface area contributed by atoms with Gasteiger partial charge in [0, 0.05) is 44.1 Å². The van der Waals surface area contributed by atoms with Gasteiger partial charge < -0.3 is 9.80 Å². The number of amides is 1. The number of alkyl halides is 1. The van der Waals surface area contributed by atoms with E-state index < -0.39 is 5.38 Å². The van der Waals surface area contributed by atoms with Crippen molar-refractivity contribution in [3.8, 4) is 0 Å². The third-order valence-corrected chi connectivity index (χ3v) is 4.94. The largest absolute Gasteiger partial charge is 0.343 e. The minimum Gasteiger partial charge on any atom is -0.343 e. The van der Waals surface area contributed by atoms with Crippen LogP contribution in [0.1, 0.15) is 18.3 Å². The average Bonchev–Trinajstić information content (AvgIpc) is 3.05. The van der Waals surface area contributed by atoms with E-state index in [0.29, 0.717) is 19.5 Å². The van der Waals surface area contributed by atoms with Crippen LogP contribution in [0.4, 0.5) is 9.52 Å². The van der Waals surface area contributed by atoms with E-state index in [1.807, 2.05) is 0 Å². The topological polar surface area (TPSA) is 49.3 Å². The molecule has 128 valence electrons. The first kappa shape index (κ1) is 17.1. The summed E-state index contributed by atoms with van der Waals surface area (Å²) < 4.78 is 17.3. The van der Waals surface area contributed by atoms with Gasteiger partial charge in [0.25, 0.3) is 0 Å². The van der Waals surface area contributed by atoms with Crippen LogP contribution in [0.15, 0.2) is 24.3 Å². The summed E-state index contributed by atoms with van der Waals surface area (Å²) in [5.74, 6) is 0.462. The van der Waals surface area contributed by atoms with E-state index >= 15 is 0 Å². The molecule has 1 fully saturated rings. The van der Waals surface area contributed by atoms with Crippen LogP contribution in [-0.2, 0) is 11.2 Å². The number of hydrogen-bond donors (Lipinski definition) is 0. The Kier molecular flexibility index (Phi) is 5.30. The Hall–Kier alpha value is -1.73. The molecule has 1 atom stereocenters. The molecule has 1 unspecified atom stereocenters. The lowest BCUT2D eigenvalue weighted by Crippen LogP contribution is -2.50. The van der Waals surface area contributed by atoms with E-state index in [9.17, 15) is 9.18 Å². The van der Waals surface area contributed by atoms with Crippen LogP contribution >= 0.6 is 23.1 Å². The monoisotopic (exact) mass is 368 g/mol. The van der Waals surface area contributed by atoms with Gasteiger partial charge in [0.05, 0.1) is 0 Å². The number of nitrogens with zero attached hydrogens (tertiary/aromatic N) is 4. The summed E-state index contributed by atoms with van der Waals surface area (Å²) in [5, 5.41) is 0.374. The van der Waals surface area contributed by atoms with Gasteiger partial charge in [-0.3, -0.25) is 4.79 Å². The fourth-order valence-corrected chi connectivity index (χ4v) is 3.47. The predicted octanol–water partition coefficient (Wildman–Crippen LogP) is 2.54. The van der Waals surface area contributed by atoms with Gasteiger partial charge in [0.1, 0.15) is 17.0 Å². The molecule has 0 spiro atoms. The van der Waals surface area contributed by atoms with E-state index in [1.165, 1.54) is 23.7 Å². The Bertz CT molecular complexity index is 698. The summed E-state index contributed by atoms with van der Waals surface area (Å²) >= 11 is 7.21. The quantitative estimate of drug-likeness (QED) is 0.778. The van der Waals surface area contributed by atoms with Crippen LogP contribution in [0.2, 0.25) is 0 Å². The molecule has 24 heavy (non-hydrogen) atoms. The summed E-state index contributed by atoms with van der Waals surface area (Å²) in [6.45, 7) is 4.43. The summed E-state index contributed by atoms with van der Waals surface area (Å²) in [7, 11) is 0. The van der Waals surface area contributed by atoms with Crippen LogP contribution in [-0.4, -0.2) is 51.7 Å². The van der Waals surface area contributed by atoms with Crippen LogP contribution in [0.5, 0.6) is 0 Å². The summed E-state index contributed by atoms with van der Waals surface area (Å²) in [5.41, 5.74) is 0.979. The highest BCUT2D eigenvalue weighted by molar-refractivity contribution is 7.09. The first-order valence-electron chi connectivity index (χ1n) is 7.78. The maximum Gasteiger partial charge on any atom is 0.240 e. The molecule has 1 aliphatic rings. The Morgan fingerprint density at radius 3 is 2.58 bits per heavy atom. The first-order chi connectivity index (χ1) is 11.5. The fraction of sp³-hybridized carbons (Fsp3) is 0.438. The lowest BCUT2D eigenvalue weighted by atomic mass is 10.1. The molecular weight excluding hydrogens is 351 g/mol. The lowest BCUT2D eigenvalue weighted by molar-refractivity contribution is -0.130. The second kappa shape index (κ2) is 7.44. The second-order valence-electron chi connectivity index (χ2n) is 5.72. The van der Waals surface area contributed by atoms with Crippen LogP contribution in [0.25, 0.3) is 0 Å². The maximum absolute atomic E-state index is 12.9. The van der Waals surface area contributed by atoms with E-state index in [1.54, 1.807) is 24.0 Å². The van der Waals surface area contributed by atoms with E-state index in [0.717, 1.165) is 29.6 Å². The van der Waals surface area contributed by atoms with Crippen molar-refractivity contribution in [1.29, 1.82) is 0 Å². The summed E-state index contributed by atoms with van der Waals surface area (Å²) in [6.07, 6.45) is 0.582. The van der Waals surface area contributed by atoms with Crippen molar-refractivity contribution in [2.75, 3.05) is 31.1 Å². The molecule has 0 saturated carbocycles. The van der Waals surface area contributed by atoms with Gasteiger partial charge in [-0.2, -0.15) is 4.37 Å². The van der Waals surface area contributed by atoms with Gasteiger partial charge in [0.15, 0.2) is 0 Å². The Balaban J connectivity index is 1.58. The Morgan fingerprint density at radius 1 is 1.29 bits per heavy atom. The molecule has 1 aliphatic heterocycles. The van der Waals surface area contributed by atoms with Crippen molar-refractivity contribution >= 4 is 34.2 Å². The molecule has 1 amide bonds. The number of aromatic nitrogens is 2. The van der Waals surface area contributed by atoms with Gasteiger partial charge in [0.2, 0.25) is 11.0 Å². The standard InChI is InChI=1S/C16H18ClFN4OS/c1-11(17)15(23)21-6-8-22(9-7-21)16-19-14(20-24-16)10-12-2-4-13(18)5-3-12/h2-5,11H,6-10H2,1H3. The minimum absolute atomic E-state index is 0.0226. The van der Waals surface area contributed by atoms with Gasteiger partial charge in [-0.15, -0.1) is 11.6 Å². The highest BCUT2D eigenvalue weighted by Crippen LogP contribution is 2.21. The molecule has 1 saturated heterocycles. The minimum atomic E-state index is -0.486. The van der Waals surface area contributed by atoms with Crippen molar-refractivity contribution in [3.63, 3.8) is 0 Å². The number of halogens is 2. The number of hydrogen-bond acceptors (Lipinski definition) is 5. The van der Waals surface area contributed by atoms with Gasteiger partial charge in [-0.25, -0.2) is 9.37 Å². The highest BCUT2D eigenvalue weighted by atomic mass is 35.5. The average molecular weight is 369 g/mol. The predicted molar refractivity (Wildman–Crippen MR) is 93.2 cm³/mol. The van der Waals surface area contributed by atoms with E-state index in [4.69, 9.17) is 11.6 Å². The molecule has 0 aliphatic carbocycles. The van der Waals surface area contributed by atoms with Crippen LogP contribution in [0.3, 0.4) is 0 Å². The zero-order valence-electron chi connectivity index (χ0n) is 13.3. The van der Waals surface area contributed by atoms with Crippen molar-refractivity contribution in [2.45, 2.75) is 18.7 Å². The molecule has 8 heteroatoms. The number of anilines is 1. The van der Waals surface area contributed by atoms with Gasteiger partial charge >= 0.3 is 0 Å². The third kappa shape index (κ3) is 4.02. The Morgan fingerprint density at radius 2 is 1.96 bits per heavy atom. The normalized spacial score (nSPS) is 16.3. The number of carbonyl (C=O) groups is 1. The fourth-order valence-electron chi connectivity index (χ4n) is 2.60. The lowest BCUT2D eigenvalue weighted by Gasteiger charge is -2.34. The number of benzene rings is 1. The maximum atomic E-state index is 12.9. The SMILES string of the molecule is CC(Cl)C(=O)N1CCN(c2nc(Cc3ccc(F)cc3)ns2)CC1. The molecule has 3 rings (SSSR count). The zero-order valence-corrected chi connectivity index (χ0v) is 14.9. The highest BCUT2D eigenvalue weighted by Gasteiger charge is 2.25. The zero-order chi connectivity index (χ0) is 17.1. The molecule has 1 aromatic heterocycles. The molecular formula is C16H18ClFN4OS. The van der Waals surface area contributed by atoms with Gasteiger partial charge in [-0.1, -0.05) is 12.1 Å². The van der Waals surface area contributed by atoms with Crippen molar-refractivity contribution in [2.24, 2.45) is 0 Å². The smallest absolute Gasteiger partial charge is 0.240 e. The third-order valence-electron chi connectivity index (χ3n) is 3.94. The number of carbonyl (C=O) groups excluding carboxylic acids is 1. The van der Waals surface area contributed by atoms with Gasteiger partial charge in [-0.05, 0) is 24.6 Å². The van der Waals surface area contributed by atoms with E-state index in [-0.39, 0.29) is 11.7 Å². The second-order valence-corrected chi connectivity index (χ2v) is 7.11. The molecule has 2 heterocycles. The Labute approximate surface area is 149 Å². The van der Waals surface area contributed by atoms with Crippen LogP contribution < -0.4 is 4.90 Å². The molecule has 1 aromatic carbocycles. The molecule has 0 radical (unpaired) electrons. The molecule has 2 aromatic rings. The van der Waals surface area contributed by atoms with Crippen LogP contribution in [0, 0.1) is 5.82 Å². The number of rotatable bonds is 4. The van der Waals surface area contributed by atoms with E-state index in [2.05, 4.69) is 14.3 Å².